The molecule has 1 aromatic rings. The van der Waals surface area contributed by atoms with Gasteiger partial charge in [-0.25, -0.2) is 0 Å². The van der Waals surface area contributed by atoms with E-state index in [4.69, 9.17) is 10.9 Å². The second-order valence-corrected chi connectivity index (χ2v) is 7.33. The minimum Gasteiger partial charge on any atom is -0.271 e. The summed E-state index contributed by atoms with van der Waals surface area (Å²) in [5, 5.41) is 4.73. The van der Waals surface area contributed by atoms with Crippen LogP contribution in [0.25, 0.3) is 0 Å². The number of hydrogen-bond acceptors (Lipinski definition) is 3. The van der Waals surface area contributed by atoms with E-state index in [-0.39, 0.29) is 6.04 Å². The maximum atomic E-state index is 5.75. The van der Waals surface area contributed by atoms with Crippen molar-refractivity contribution in [2.75, 3.05) is 0 Å². The van der Waals surface area contributed by atoms with Crippen molar-refractivity contribution in [3.63, 3.8) is 0 Å². The predicted molar refractivity (Wildman–Crippen MR) is 89.9 cm³/mol. The quantitative estimate of drug-likeness (QED) is 0.568. The van der Waals surface area contributed by atoms with Crippen LogP contribution in [0.2, 0.25) is 0 Å². The zero-order chi connectivity index (χ0) is 16.0. The molecule has 1 aromatic heterocycles. The highest BCUT2D eigenvalue weighted by Gasteiger charge is 2.23. The van der Waals surface area contributed by atoms with E-state index in [0.717, 1.165) is 31.4 Å². The van der Waals surface area contributed by atoms with Crippen LogP contribution >= 0.6 is 0 Å². The predicted octanol–water partition coefficient (Wildman–Crippen LogP) is 3.69. The van der Waals surface area contributed by atoms with Gasteiger partial charge in [0.25, 0.3) is 0 Å². The minimum absolute atomic E-state index is 0.282. The minimum atomic E-state index is 0.282. The molecular formula is C17H34N4. The molecule has 1 heterocycles. The van der Waals surface area contributed by atoms with Gasteiger partial charge in [0.05, 0.1) is 11.7 Å². The summed E-state index contributed by atoms with van der Waals surface area (Å²) in [6.45, 7) is 13.6. The van der Waals surface area contributed by atoms with Crippen LogP contribution in [0.5, 0.6) is 0 Å². The Hall–Kier alpha value is -0.870. The number of nitrogens with zero attached hydrogens (tertiary/aromatic N) is 2. The second kappa shape index (κ2) is 7.95. The molecule has 0 bridgehead atoms. The van der Waals surface area contributed by atoms with Crippen molar-refractivity contribution in [1.29, 1.82) is 0 Å². The summed E-state index contributed by atoms with van der Waals surface area (Å²) in [4.78, 5) is 0. The Morgan fingerprint density at radius 3 is 2.38 bits per heavy atom. The van der Waals surface area contributed by atoms with Crippen molar-refractivity contribution in [3.05, 3.63) is 18.0 Å². The average molecular weight is 294 g/mol. The number of aromatic nitrogens is 2. The Morgan fingerprint density at radius 2 is 1.90 bits per heavy atom. The molecule has 4 heteroatoms. The van der Waals surface area contributed by atoms with Gasteiger partial charge in [0.1, 0.15) is 0 Å². The molecule has 0 aliphatic carbocycles. The van der Waals surface area contributed by atoms with Crippen LogP contribution in [0.3, 0.4) is 0 Å². The lowest BCUT2D eigenvalue weighted by molar-refractivity contribution is 0.222. The Balaban J connectivity index is 2.65. The lowest BCUT2D eigenvalue weighted by Crippen LogP contribution is -2.39. The van der Waals surface area contributed by atoms with Crippen LogP contribution in [0, 0.1) is 11.3 Å². The van der Waals surface area contributed by atoms with Crippen LogP contribution in [0.15, 0.2) is 12.3 Å². The summed E-state index contributed by atoms with van der Waals surface area (Å²) >= 11 is 0. The molecule has 0 saturated carbocycles. The first-order chi connectivity index (χ1) is 9.81. The van der Waals surface area contributed by atoms with Crippen LogP contribution in [0.1, 0.15) is 72.5 Å². The van der Waals surface area contributed by atoms with Gasteiger partial charge in [-0.05, 0) is 36.7 Å². The van der Waals surface area contributed by atoms with Crippen LogP contribution in [-0.4, -0.2) is 15.8 Å². The molecule has 2 atom stereocenters. The third kappa shape index (κ3) is 5.44. The molecular weight excluding hydrogens is 260 g/mol. The van der Waals surface area contributed by atoms with E-state index in [9.17, 15) is 0 Å². The number of hydrogen-bond donors (Lipinski definition) is 2. The lowest BCUT2D eigenvalue weighted by atomic mass is 9.78. The third-order valence-corrected chi connectivity index (χ3v) is 4.79. The van der Waals surface area contributed by atoms with Gasteiger partial charge in [0.15, 0.2) is 0 Å². The van der Waals surface area contributed by atoms with Crippen LogP contribution in [0.4, 0.5) is 0 Å². The summed E-state index contributed by atoms with van der Waals surface area (Å²) < 4.78 is 2.11. The molecule has 0 spiro atoms. The van der Waals surface area contributed by atoms with Crippen molar-refractivity contribution in [2.24, 2.45) is 17.2 Å². The van der Waals surface area contributed by atoms with Crippen molar-refractivity contribution < 1.29 is 0 Å². The Bertz CT molecular complexity index is 401. The molecule has 0 saturated heterocycles. The summed E-state index contributed by atoms with van der Waals surface area (Å²) in [5.74, 6) is 6.36. The van der Waals surface area contributed by atoms with Gasteiger partial charge in [-0.3, -0.25) is 16.0 Å². The fourth-order valence-corrected chi connectivity index (χ4v) is 2.60. The van der Waals surface area contributed by atoms with Gasteiger partial charge in [0.2, 0.25) is 0 Å². The first kappa shape index (κ1) is 18.2. The molecule has 4 nitrogen and oxygen atoms in total. The molecule has 1 rings (SSSR count). The fraction of sp³-hybridized carbons (Fsp3) is 0.824. The number of hydrazine groups is 1. The molecule has 0 amide bonds. The molecule has 0 fully saturated rings. The molecule has 0 radical (unpaired) electrons. The second-order valence-electron chi connectivity index (χ2n) is 7.33. The highest BCUT2D eigenvalue weighted by molar-refractivity contribution is 5.02. The SMILES string of the molecule is CCC(CC)n1ccc(CC(CC(C)C(C)(C)C)NN)n1. The Morgan fingerprint density at radius 1 is 1.29 bits per heavy atom. The smallest absolute Gasteiger partial charge is 0.0640 e. The van der Waals surface area contributed by atoms with E-state index >= 15 is 0 Å². The summed E-state index contributed by atoms with van der Waals surface area (Å²) in [5.41, 5.74) is 4.41. The van der Waals surface area contributed by atoms with Crippen LogP contribution in [-0.2, 0) is 6.42 Å². The molecule has 0 aromatic carbocycles. The highest BCUT2D eigenvalue weighted by Crippen LogP contribution is 2.29. The fourth-order valence-electron chi connectivity index (χ4n) is 2.60. The van der Waals surface area contributed by atoms with Crippen molar-refractivity contribution in [2.45, 2.75) is 79.3 Å². The highest BCUT2D eigenvalue weighted by atomic mass is 15.3. The Labute approximate surface area is 130 Å². The van der Waals surface area contributed by atoms with Gasteiger partial charge < -0.3 is 0 Å². The monoisotopic (exact) mass is 294 g/mol. The van der Waals surface area contributed by atoms with Gasteiger partial charge in [-0.1, -0.05) is 41.5 Å². The zero-order valence-electron chi connectivity index (χ0n) is 14.7. The van der Waals surface area contributed by atoms with Gasteiger partial charge in [-0.15, -0.1) is 0 Å². The molecule has 3 N–H and O–H groups in total. The third-order valence-electron chi connectivity index (χ3n) is 4.79. The Kier molecular flexibility index (Phi) is 6.88. The number of nitrogens with one attached hydrogen (secondary N) is 1. The van der Waals surface area contributed by atoms with Crippen molar-refractivity contribution >= 4 is 0 Å². The number of nitrogens with two attached hydrogens (primary N) is 1. The van der Waals surface area contributed by atoms with Crippen molar-refractivity contribution in [3.8, 4) is 0 Å². The lowest BCUT2D eigenvalue weighted by Gasteiger charge is -2.30. The molecule has 122 valence electrons. The van der Waals surface area contributed by atoms with E-state index in [1.807, 2.05) is 0 Å². The zero-order valence-corrected chi connectivity index (χ0v) is 14.7. The van der Waals surface area contributed by atoms with Crippen molar-refractivity contribution in [1.82, 2.24) is 15.2 Å². The molecule has 2 unspecified atom stereocenters. The van der Waals surface area contributed by atoms with Gasteiger partial charge >= 0.3 is 0 Å². The first-order valence-electron chi connectivity index (χ1n) is 8.31. The molecule has 21 heavy (non-hydrogen) atoms. The molecule has 0 aliphatic heterocycles. The summed E-state index contributed by atoms with van der Waals surface area (Å²) in [6, 6.07) is 2.92. The standard InChI is InChI=1S/C17H34N4/c1-7-16(8-2)21-10-9-14(20-21)12-15(19-18)11-13(3)17(4,5)6/h9-10,13,15-16,19H,7-8,11-12,18H2,1-6H3. The maximum absolute atomic E-state index is 5.75. The maximum Gasteiger partial charge on any atom is 0.0640 e. The van der Waals surface area contributed by atoms with E-state index in [1.165, 1.54) is 0 Å². The van der Waals surface area contributed by atoms with E-state index in [2.05, 4.69) is 63.9 Å². The van der Waals surface area contributed by atoms with Gasteiger partial charge in [-0.2, -0.15) is 5.10 Å². The summed E-state index contributed by atoms with van der Waals surface area (Å²) in [6.07, 6.45) is 6.31. The summed E-state index contributed by atoms with van der Waals surface area (Å²) in [7, 11) is 0. The van der Waals surface area contributed by atoms with Crippen LogP contribution < -0.4 is 11.3 Å². The normalized spacial score (nSPS) is 15.4. The number of rotatable bonds is 8. The van der Waals surface area contributed by atoms with Gasteiger partial charge in [0, 0.05) is 18.7 Å². The van der Waals surface area contributed by atoms with E-state index in [0.29, 0.717) is 17.4 Å². The van der Waals surface area contributed by atoms with E-state index in [1.54, 1.807) is 0 Å². The topological polar surface area (TPSA) is 55.9 Å². The van der Waals surface area contributed by atoms with E-state index < -0.39 is 0 Å². The first-order valence-corrected chi connectivity index (χ1v) is 8.31. The molecule has 0 aliphatic rings. The average Bonchev–Trinajstić information content (AvgIpc) is 2.86. The largest absolute Gasteiger partial charge is 0.271 e.